The van der Waals surface area contributed by atoms with Gasteiger partial charge in [-0.25, -0.2) is 4.79 Å². The maximum Gasteiger partial charge on any atom is 0.340 e. The minimum atomic E-state index is -0.503. The molecule has 4 N–H and O–H groups in total. The summed E-state index contributed by atoms with van der Waals surface area (Å²) in [6.07, 6.45) is 0.881. The van der Waals surface area contributed by atoms with E-state index < -0.39 is 5.97 Å². The second-order valence-electron chi connectivity index (χ2n) is 3.96. The van der Waals surface area contributed by atoms with Crippen LogP contribution in [0.4, 0.5) is 11.4 Å². The number of ether oxygens (including phenoxy) is 1. The molecule has 1 amide bonds. The molecule has 0 saturated carbocycles. The lowest BCUT2D eigenvalue weighted by molar-refractivity contribution is -0.119. The molecule has 0 saturated heterocycles. The van der Waals surface area contributed by atoms with Crippen molar-refractivity contribution >= 4 is 23.3 Å². The first-order valence-electron chi connectivity index (χ1n) is 6.07. The van der Waals surface area contributed by atoms with Crippen LogP contribution in [0.2, 0.25) is 0 Å². The number of benzene rings is 1. The number of amides is 1. The van der Waals surface area contributed by atoms with Gasteiger partial charge in [0.15, 0.2) is 0 Å². The van der Waals surface area contributed by atoms with E-state index in [1.54, 1.807) is 18.2 Å². The van der Waals surface area contributed by atoms with E-state index in [4.69, 9.17) is 5.73 Å². The van der Waals surface area contributed by atoms with Gasteiger partial charge in [-0.3, -0.25) is 4.79 Å². The Bertz CT molecular complexity index is 460. The van der Waals surface area contributed by atoms with Crippen LogP contribution in [0.15, 0.2) is 18.2 Å². The minimum absolute atomic E-state index is 0.106. The zero-order chi connectivity index (χ0) is 14.3. The number of carbonyl (C=O) groups is 2. The van der Waals surface area contributed by atoms with Crippen LogP contribution >= 0.6 is 0 Å². The number of hydrogen-bond acceptors (Lipinski definition) is 5. The molecular formula is C13H19N3O3. The molecule has 0 aromatic heterocycles. The van der Waals surface area contributed by atoms with Gasteiger partial charge >= 0.3 is 5.97 Å². The molecule has 0 aliphatic heterocycles. The summed E-state index contributed by atoms with van der Waals surface area (Å²) in [7, 11) is 1.29. The number of nitrogen functional groups attached to an aromatic ring is 1. The molecule has 0 aliphatic rings. The van der Waals surface area contributed by atoms with Gasteiger partial charge in [0.1, 0.15) is 0 Å². The Labute approximate surface area is 112 Å². The van der Waals surface area contributed by atoms with Crippen molar-refractivity contribution < 1.29 is 14.3 Å². The minimum Gasteiger partial charge on any atom is -0.465 e. The van der Waals surface area contributed by atoms with E-state index in [2.05, 4.69) is 15.4 Å². The summed E-state index contributed by atoms with van der Waals surface area (Å²) in [4.78, 5) is 22.9. The summed E-state index contributed by atoms with van der Waals surface area (Å²) >= 11 is 0. The average Bonchev–Trinajstić information content (AvgIpc) is 2.43. The van der Waals surface area contributed by atoms with Gasteiger partial charge < -0.3 is 21.1 Å². The third-order valence-electron chi connectivity index (χ3n) is 2.52. The van der Waals surface area contributed by atoms with E-state index in [0.717, 1.165) is 6.42 Å². The highest BCUT2D eigenvalue weighted by atomic mass is 16.5. The number of rotatable bonds is 6. The Morgan fingerprint density at radius 3 is 2.74 bits per heavy atom. The Balaban J connectivity index is 2.69. The maximum absolute atomic E-state index is 11.5. The van der Waals surface area contributed by atoms with Crippen molar-refractivity contribution in [3.8, 4) is 0 Å². The van der Waals surface area contributed by atoms with Crippen LogP contribution in [-0.4, -0.2) is 32.1 Å². The third kappa shape index (κ3) is 4.17. The Morgan fingerprint density at radius 2 is 2.11 bits per heavy atom. The van der Waals surface area contributed by atoms with Crippen molar-refractivity contribution in [3.63, 3.8) is 0 Å². The molecule has 0 heterocycles. The zero-order valence-corrected chi connectivity index (χ0v) is 11.2. The van der Waals surface area contributed by atoms with Crippen molar-refractivity contribution in [1.82, 2.24) is 5.32 Å². The highest BCUT2D eigenvalue weighted by Crippen LogP contribution is 2.23. The van der Waals surface area contributed by atoms with Crippen molar-refractivity contribution in [2.75, 3.05) is 31.2 Å². The summed E-state index contributed by atoms with van der Waals surface area (Å²) in [6, 6.07) is 4.95. The molecule has 0 unspecified atom stereocenters. The van der Waals surface area contributed by atoms with Gasteiger partial charge in [0.2, 0.25) is 5.91 Å². The Morgan fingerprint density at radius 1 is 1.37 bits per heavy atom. The molecule has 1 aromatic rings. The van der Waals surface area contributed by atoms with E-state index in [0.29, 0.717) is 12.2 Å². The van der Waals surface area contributed by atoms with Gasteiger partial charge in [0.05, 0.1) is 30.6 Å². The fourth-order valence-electron chi connectivity index (χ4n) is 1.51. The van der Waals surface area contributed by atoms with Crippen molar-refractivity contribution in [2.45, 2.75) is 13.3 Å². The number of hydrogen-bond donors (Lipinski definition) is 3. The summed E-state index contributed by atoms with van der Waals surface area (Å²) in [5.74, 6) is -0.624. The van der Waals surface area contributed by atoms with E-state index in [1.807, 2.05) is 6.92 Å². The molecule has 6 nitrogen and oxygen atoms in total. The van der Waals surface area contributed by atoms with Crippen LogP contribution in [0.3, 0.4) is 0 Å². The van der Waals surface area contributed by atoms with E-state index in [1.165, 1.54) is 7.11 Å². The fourth-order valence-corrected chi connectivity index (χ4v) is 1.51. The van der Waals surface area contributed by atoms with Crippen LogP contribution < -0.4 is 16.4 Å². The summed E-state index contributed by atoms with van der Waals surface area (Å²) in [5.41, 5.74) is 6.94. The zero-order valence-electron chi connectivity index (χ0n) is 11.2. The highest BCUT2D eigenvalue weighted by Gasteiger charge is 2.12. The predicted octanol–water partition coefficient (Wildman–Crippen LogP) is 0.993. The Kier molecular flexibility index (Phi) is 5.66. The van der Waals surface area contributed by atoms with E-state index in [9.17, 15) is 9.59 Å². The van der Waals surface area contributed by atoms with Crippen LogP contribution in [-0.2, 0) is 9.53 Å². The standard InChI is InChI=1S/C13H19N3O3/c1-3-7-15-11(17)8-16-10-6-4-5-9(12(10)14)13(18)19-2/h4-6,16H,3,7-8,14H2,1-2H3,(H,15,17). The van der Waals surface area contributed by atoms with Crippen molar-refractivity contribution in [3.05, 3.63) is 23.8 Å². The smallest absolute Gasteiger partial charge is 0.340 e. The second kappa shape index (κ2) is 7.25. The Hall–Kier alpha value is -2.24. The molecule has 104 valence electrons. The number of methoxy groups -OCH3 is 1. The van der Waals surface area contributed by atoms with Crippen molar-refractivity contribution in [2.24, 2.45) is 0 Å². The summed E-state index contributed by atoms with van der Waals surface area (Å²) in [6.45, 7) is 2.72. The molecule has 1 aromatic carbocycles. The number of anilines is 2. The van der Waals surface area contributed by atoms with Gasteiger partial charge in [0, 0.05) is 6.54 Å². The van der Waals surface area contributed by atoms with Crippen LogP contribution in [0, 0.1) is 0 Å². The van der Waals surface area contributed by atoms with Gasteiger partial charge in [-0.1, -0.05) is 13.0 Å². The average molecular weight is 265 g/mol. The summed E-state index contributed by atoms with van der Waals surface area (Å²) in [5, 5.41) is 5.63. The molecule has 0 radical (unpaired) electrons. The quantitative estimate of drug-likeness (QED) is 0.527. The second-order valence-corrected chi connectivity index (χ2v) is 3.96. The van der Waals surface area contributed by atoms with Gasteiger partial charge in [-0.15, -0.1) is 0 Å². The number of nitrogens with one attached hydrogen (secondary N) is 2. The first-order chi connectivity index (χ1) is 9.10. The topological polar surface area (TPSA) is 93.5 Å². The van der Waals surface area contributed by atoms with E-state index in [-0.39, 0.29) is 23.7 Å². The number of para-hydroxylation sites is 1. The largest absolute Gasteiger partial charge is 0.465 e. The molecule has 0 fully saturated rings. The molecule has 6 heteroatoms. The first kappa shape index (κ1) is 14.8. The first-order valence-corrected chi connectivity index (χ1v) is 6.07. The van der Waals surface area contributed by atoms with Gasteiger partial charge in [0.25, 0.3) is 0 Å². The highest BCUT2D eigenvalue weighted by molar-refractivity contribution is 5.98. The molecule has 0 spiro atoms. The van der Waals surface area contributed by atoms with Crippen LogP contribution in [0.25, 0.3) is 0 Å². The van der Waals surface area contributed by atoms with Crippen molar-refractivity contribution in [1.29, 1.82) is 0 Å². The summed E-state index contributed by atoms with van der Waals surface area (Å²) < 4.78 is 4.62. The molecule has 1 rings (SSSR count). The normalized spacial score (nSPS) is 9.79. The van der Waals surface area contributed by atoms with Crippen LogP contribution in [0.1, 0.15) is 23.7 Å². The molecule has 19 heavy (non-hydrogen) atoms. The lowest BCUT2D eigenvalue weighted by Crippen LogP contribution is -2.30. The van der Waals surface area contributed by atoms with E-state index >= 15 is 0 Å². The molecular weight excluding hydrogens is 246 g/mol. The van der Waals surface area contributed by atoms with Crippen LogP contribution in [0.5, 0.6) is 0 Å². The monoisotopic (exact) mass is 265 g/mol. The third-order valence-corrected chi connectivity index (χ3v) is 2.52. The number of carbonyl (C=O) groups excluding carboxylic acids is 2. The molecule has 0 bridgehead atoms. The fraction of sp³-hybridized carbons (Fsp3) is 0.385. The SMILES string of the molecule is CCCNC(=O)CNc1cccc(C(=O)OC)c1N. The number of nitrogens with two attached hydrogens (primary N) is 1. The lowest BCUT2D eigenvalue weighted by Gasteiger charge is -2.11. The number of esters is 1. The van der Waals surface area contributed by atoms with Gasteiger partial charge in [-0.2, -0.15) is 0 Å². The molecule has 0 aliphatic carbocycles. The predicted molar refractivity (Wildman–Crippen MR) is 74.0 cm³/mol. The molecule has 0 atom stereocenters. The maximum atomic E-state index is 11.5. The lowest BCUT2D eigenvalue weighted by atomic mass is 10.1. The van der Waals surface area contributed by atoms with Gasteiger partial charge in [-0.05, 0) is 18.6 Å².